The zero-order chi connectivity index (χ0) is 51.7. The second-order valence-electron chi connectivity index (χ2n) is 24.9. The first-order valence-electron chi connectivity index (χ1n) is 27.4. The lowest BCUT2D eigenvalue weighted by molar-refractivity contribution is -0.228. The van der Waals surface area contributed by atoms with Gasteiger partial charge in [0.2, 0.25) is 5.24 Å². The van der Waals surface area contributed by atoms with Gasteiger partial charge in [0, 0.05) is 26.9 Å². The van der Waals surface area contributed by atoms with Crippen LogP contribution in [-0.4, -0.2) is 109 Å². The van der Waals surface area contributed by atoms with Crippen molar-refractivity contribution in [3.05, 3.63) is 0 Å². The van der Waals surface area contributed by atoms with Crippen molar-refractivity contribution in [2.45, 2.75) is 215 Å². The van der Waals surface area contributed by atoms with E-state index in [9.17, 15) is 45.0 Å². The maximum Gasteiger partial charge on any atom is 0.305 e. The van der Waals surface area contributed by atoms with Gasteiger partial charge in [-0.1, -0.05) is 68.2 Å². The Balaban J connectivity index is 0.000000231. The van der Waals surface area contributed by atoms with Crippen LogP contribution in [0.3, 0.4) is 0 Å². The molecule has 0 aromatic carbocycles. The van der Waals surface area contributed by atoms with E-state index in [4.69, 9.17) is 14.9 Å². The monoisotopic (exact) mass is 997 g/mol. The number of carboxylic acid groups (broad SMARTS) is 1. The van der Waals surface area contributed by atoms with E-state index in [1.165, 1.54) is 14.0 Å². The summed E-state index contributed by atoms with van der Waals surface area (Å²) in [7, 11) is 2.44. The Morgan fingerprint density at radius 2 is 0.957 bits per heavy atom. The maximum absolute atomic E-state index is 11.8. The third-order valence-corrected chi connectivity index (χ3v) is 22.4. The second kappa shape index (κ2) is 23.4. The predicted octanol–water partition coefficient (Wildman–Crippen LogP) is 8.64. The molecule has 8 saturated carbocycles. The molecule has 0 spiro atoms. The standard InChI is InChI=1S/C27H46O5.C26H44O5.C2H3ClO.CH4O/c1-6-17-20-13-16(28)11-12-26(20,3)21-14-22(29)27(4)18(15(2)7-10-23(30)32-5)8-9-19(27)24(21)25(17)31;1-5-16-19-12-15(27)10-11-25(19,3)20-13-21(28)26(4)17(14(2)6-9-22(29)30)7-8-18(26)23(20)24(16)31;1-2(3)4;1-2/h15-22,24-25,28-29,31H,6-14H2,1-5H3;14-21,23-24,27-28,31H,5-13H2,1-4H3,(H,29,30);1H3;2H,1H3/t15-,16-,17-,18-,19+,20+,21+,22+,24+,25-,26+,27-;14-,15-,16-,17-,18+,19+,20+,21+,23+,24-,25+,26-;;/m11../s1. The van der Waals surface area contributed by atoms with Crippen molar-refractivity contribution >= 4 is 28.8 Å². The average molecular weight is 998 g/mol. The molecule has 0 unspecified atom stereocenters. The molecule has 8 rings (SSSR count). The van der Waals surface area contributed by atoms with Crippen LogP contribution in [0, 0.1) is 105 Å². The van der Waals surface area contributed by atoms with Crippen LogP contribution < -0.4 is 0 Å². The summed E-state index contributed by atoms with van der Waals surface area (Å²) in [5.74, 6) is 3.08. The third kappa shape index (κ3) is 10.8. The number of esters is 1. The fraction of sp³-hybridized carbons (Fsp3) is 0.946. The first-order valence-corrected chi connectivity index (χ1v) is 27.7. The molecule has 0 amide bonds. The van der Waals surface area contributed by atoms with E-state index in [1.807, 2.05) is 0 Å². The van der Waals surface area contributed by atoms with Crippen LogP contribution in [0.2, 0.25) is 0 Å². The minimum atomic E-state index is -0.747. The lowest BCUT2D eigenvalue weighted by atomic mass is 9.41. The van der Waals surface area contributed by atoms with Crippen LogP contribution in [0.4, 0.5) is 0 Å². The highest BCUT2D eigenvalue weighted by atomic mass is 35.5. The number of halogens is 1. The summed E-state index contributed by atoms with van der Waals surface area (Å²) >= 11 is 4.64. The fourth-order valence-corrected chi connectivity index (χ4v) is 19.0. The Labute approximate surface area is 420 Å². The molecule has 0 heterocycles. The van der Waals surface area contributed by atoms with Crippen LogP contribution in [0.15, 0.2) is 0 Å². The molecule has 8 fully saturated rings. The van der Waals surface area contributed by atoms with Gasteiger partial charge in [0.15, 0.2) is 0 Å². The normalized spacial score (nSPS) is 47.9. The maximum atomic E-state index is 11.8. The van der Waals surface area contributed by atoms with Gasteiger partial charge in [-0.15, -0.1) is 0 Å². The number of aliphatic hydroxyl groups is 7. The van der Waals surface area contributed by atoms with Crippen LogP contribution in [0.5, 0.6) is 0 Å². The van der Waals surface area contributed by atoms with Gasteiger partial charge in [-0.25, -0.2) is 0 Å². The van der Waals surface area contributed by atoms with Gasteiger partial charge >= 0.3 is 11.9 Å². The summed E-state index contributed by atoms with van der Waals surface area (Å²) in [5.41, 5.74) is -0.317. The predicted molar refractivity (Wildman–Crippen MR) is 267 cm³/mol. The third-order valence-electron chi connectivity index (χ3n) is 22.4. The van der Waals surface area contributed by atoms with E-state index in [0.717, 1.165) is 103 Å². The van der Waals surface area contributed by atoms with E-state index in [0.29, 0.717) is 60.2 Å². The molecule has 0 aliphatic heterocycles. The Morgan fingerprint density at radius 1 is 0.594 bits per heavy atom. The number of hydrogen-bond donors (Lipinski definition) is 8. The summed E-state index contributed by atoms with van der Waals surface area (Å²) in [6.45, 7) is 19.3. The molecule has 8 aliphatic carbocycles. The molecule has 8 aliphatic rings. The highest BCUT2D eigenvalue weighted by Gasteiger charge is 2.69. The zero-order valence-electron chi connectivity index (χ0n) is 44.4. The average Bonchev–Trinajstić information content (AvgIpc) is 3.86. The molecule has 0 radical (unpaired) electrons. The summed E-state index contributed by atoms with van der Waals surface area (Å²) in [6.07, 6.45) is 12.8. The highest BCUT2D eigenvalue weighted by Crippen LogP contribution is 2.71. The Morgan fingerprint density at radius 3 is 1.29 bits per heavy atom. The molecule has 69 heavy (non-hydrogen) atoms. The number of methoxy groups -OCH3 is 1. The number of carboxylic acids is 1. The van der Waals surface area contributed by atoms with Crippen LogP contribution in [0.25, 0.3) is 0 Å². The van der Waals surface area contributed by atoms with Crippen molar-refractivity contribution < 1.29 is 60.0 Å². The molecule has 0 aromatic heterocycles. The van der Waals surface area contributed by atoms with Gasteiger partial charge in [0.05, 0.1) is 43.7 Å². The first-order chi connectivity index (χ1) is 32.4. The van der Waals surface area contributed by atoms with E-state index in [-0.39, 0.29) is 105 Å². The lowest BCUT2D eigenvalue weighted by Gasteiger charge is -2.65. The summed E-state index contributed by atoms with van der Waals surface area (Å²) in [6, 6.07) is 0. The molecule has 0 aromatic rings. The summed E-state index contributed by atoms with van der Waals surface area (Å²) < 4.78 is 4.85. The van der Waals surface area contributed by atoms with Crippen molar-refractivity contribution in [3.8, 4) is 0 Å². The van der Waals surface area contributed by atoms with Crippen molar-refractivity contribution in [2.24, 2.45) is 105 Å². The highest BCUT2D eigenvalue weighted by molar-refractivity contribution is 6.62. The molecule has 12 nitrogen and oxygen atoms in total. The minimum absolute atomic E-state index is 0.0686. The Kier molecular flexibility index (Phi) is 19.9. The van der Waals surface area contributed by atoms with E-state index in [2.05, 4.69) is 67.0 Å². The number of rotatable bonds is 10. The number of ether oxygens (including phenoxy) is 1. The van der Waals surface area contributed by atoms with E-state index >= 15 is 0 Å². The van der Waals surface area contributed by atoms with Crippen molar-refractivity contribution in [3.63, 3.8) is 0 Å². The molecule has 24 atom stereocenters. The van der Waals surface area contributed by atoms with Crippen molar-refractivity contribution in [1.82, 2.24) is 0 Å². The Bertz CT molecular complexity index is 1710. The summed E-state index contributed by atoms with van der Waals surface area (Å²) in [4.78, 5) is 32.1. The summed E-state index contributed by atoms with van der Waals surface area (Å²) in [5, 5.41) is 83.4. The smallest absolute Gasteiger partial charge is 0.305 e. The number of aliphatic hydroxyl groups excluding tert-OH is 7. The number of carbonyl (C=O) groups excluding carboxylic acids is 2. The molecule has 13 heteroatoms. The topological polar surface area (TPSA) is 222 Å². The number of hydrogen-bond acceptors (Lipinski definition) is 11. The van der Waals surface area contributed by atoms with Gasteiger partial charge in [0.1, 0.15) is 0 Å². The van der Waals surface area contributed by atoms with Gasteiger partial charge in [-0.3, -0.25) is 14.4 Å². The molecule has 400 valence electrons. The largest absolute Gasteiger partial charge is 0.481 e. The molecule has 0 saturated heterocycles. The zero-order valence-corrected chi connectivity index (χ0v) is 45.1. The number of aliphatic carboxylic acids is 1. The van der Waals surface area contributed by atoms with Crippen molar-refractivity contribution in [1.29, 1.82) is 0 Å². The van der Waals surface area contributed by atoms with Crippen LogP contribution in [0.1, 0.15) is 178 Å². The quantitative estimate of drug-likeness (QED) is 0.0761. The molecule has 8 N–H and O–H groups in total. The first kappa shape index (κ1) is 58.5. The minimum Gasteiger partial charge on any atom is -0.481 e. The molecular weight excluding hydrogens is 900 g/mol. The number of fused-ring (bicyclic) bond motifs is 10. The van der Waals surface area contributed by atoms with E-state index < -0.39 is 12.1 Å². The molecule has 0 bridgehead atoms. The second-order valence-corrected chi connectivity index (χ2v) is 25.4. The lowest BCUT2D eigenvalue weighted by Crippen LogP contribution is -2.65. The van der Waals surface area contributed by atoms with Crippen LogP contribution >= 0.6 is 11.6 Å². The van der Waals surface area contributed by atoms with Gasteiger partial charge in [0.25, 0.3) is 0 Å². The van der Waals surface area contributed by atoms with E-state index in [1.54, 1.807) is 0 Å². The van der Waals surface area contributed by atoms with Crippen LogP contribution in [-0.2, 0) is 19.1 Å². The number of carbonyl (C=O) groups is 3. The van der Waals surface area contributed by atoms with Crippen molar-refractivity contribution in [2.75, 3.05) is 14.2 Å². The van der Waals surface area contributed by atoms with Gasteiger partial charge in [-0.05, 0) is 206 Å². The van der Waals surface area contributed by atoms with Gasteiger partial charge < -0.3 is 45.6 Å². The van der Waals surface area contributed by atoms with Gasteiger partial charge in [-0.2, -0.15) is 0 Å². The fourth-order valence-electron chi connectivity index (χ4n) is 19.0. The molecular formula is C56H97ClO12. The SMILES string of the molecule is CC(=O)Cl.CC[C@H]1[C@@H](O)[C@@H]2[C@H](C[C@H](O)[C@]3(C)[C@@H]([C@H](C)CCC(=O)O)CC[C@@H]23)[C@@]2(C)CC[C@@H](O)C[C@@H]12.CC[C@H]1[C@@H](O)[C@@H]2[C@H](C[C@H](O)[C@]3(C)[C@@H]([C@H](C)CCC(=O)OC)CC[C@@H]23)[C@@]2(C)CC[C@@H](O)C[C@@H]12.CO. The Hall–Kier alpha value is -1.38.